The number of anilines is 1. The molecule has 1 N–H and O–H groups in total. The van der Waals surface area contributed by atoms with Gasteiger partial charge in [0.25, 0.3) is 0 Å². The van der Waals surface area contributed by atoms with Gasteiger partial charge in [0.1, 0.15) is 5.82 Å². The maximum atomic E-state index is 4.34. The topological polar surface area (TPSA) is 55.6 Å². The largest absolute Gasteiger partial charge is 0.369 e. The van der Waals surface area contributed by atoms with Crippen LogP contribution in [0.5, 0.6) is 0 Å². The number of hydrogen-bond acceptors (Lipinski definition) is 4. The molecule has 3 aromatic rings. The van der Waals surface area contributed by atoms with Gasteiger partial charge in [-0.2, -0.15) is 5.10 Å². The van der Waals surface area contributed by atoms with Gasteiger partial charge >= 0.3 is 0 Å². The summed E-state index contributed by atoms with van der Waals surface area (Å²) < 4.78 is 1.74. The Hall–Kier alpha value is -2.69. The van der Waals surface area contributed by atoms with Gasteiger partial charge in [-0.1, -0.05) is 24.3 Å². The lowest BCUT2D eigenvalue weighted by atomic mass is 10.0. The van der Waals surface area contributed by atoms with Crippen LogP contribution in [0.25, 0.3) is 5.82 Å². The number of rotatable bonds is 5. The summed E-state index contributed by atoms with van der Waals surface area (Å²) in [6, 6.07) is 14.6. The third kappa shape index (κ3) is 3.15. The molecule has 2 aromatic heterocycles. The van der Waals surface area contributed by atoms with E-state index in [0.29, 0.717) is 0 Å². The van der Waals surface area contributed by atoms with Gasteiger partial charge in [-0.15, -0.1) is 10.2 Å². The molecule has 0 radical (unpaired) electrons. The Morgan fingerprint density at radius 3 is 2.46 bits per heavy atom. The lowest BCUT2D eigenvalue weighted by molar-refractivity contribution is 0.529. The highest BCUT2D eigenvalue weighted by atomic mass is 15.3. The number of benzene rings is 1. The summed E-state index contributed by atoms with van der Waals surface area (Å²) in [4.78, 5) is 0. The van der Waals surface area contributed by atoms with E-state index >= 15 is 0 Å². The minimum atomic E-state index is 0.731. The smallest absolute Gasteiger partial charge is 0.175 e. The highest BCUT2D eigenvalue weighted by molar-refractivity contribution is 5.36. The van der Waals surface area contributed by atoms with Gasteiger partial charge in [0.05, 0.1) is 5.69 Å². The molecule has 1 aliphatic rings. The van der Waals surface area contributed by atoms with Crippen molar-refractivity contribution < 1.29 is 0 Å². The van der Waals surface area contributed by atoms with Crippen molar-refractivity contribution in [3.8, 4) is 5.82 Å². The lowest BCUT2D eigenvalue weighted by Gasteiger charge is -2.10. The summed E-state index contributed by atoms with van der Waals surface area (Å²) in [5.41, 5.74) is 4.00. The van der Waals surface area contributed by atoms with Gasteiger partial charge < -0.3 is 5.32 Å². The van der Waals surface area contributed by atoms with Crippen molar-refractivity contribution in [2.45, 2.75) is 26.2 Å². The first-order chi connectivity index (χ1) is 11.8. The molecule has 0 saturated carbocycles. The average molecular weight is 319 g/mol. The van der Waals surface area contributed by atoms with Crippen LogP contribution in [0.2, 0.25) is 0 Å². The van der Waals surface area contributed by atoms with Crippen molar-refractivity contribution in [3.05, 3.63) is 65.5 Å². The first-order valence-electron chi connectivity index (χ1n) is 8.45. The Labute approximate surface area is 141 Å². The Balaban J connectivity index is 1.29. The van der Waals surface area contributed by atoms with Crippen molar-refractivity contribution in [2.75, 3.05) is 11.9 Å². The molecule has 0 bridgehead atoms. The normalized spacial score (nSPS) is 13.9. The standard InChI is InChI=1S/C19H21N5/c1-14-9-11-24(23-14)19-7-6-18(21-22-19)20-10-8-15-12-16-4-2-3-5-17(16)13-15/h2-7,9,11,15H,8,10,12-13H2,1H3,(H,20,21). The first-order valence-corrected chi connectivity index (χ1v) is 8.45. The van der Waals surface area contributed by atoms with Crippen LogP contribution >= 0.6 is 0 Å². The Bertz CT molecular complexity index is 797. The second-order valence-corrected chi connectivity index (χ2v) is 6.44. The summed E-state index contributed by atoms with van der Waals surface area (Å²) in [6.45, 7) is 2.88. The summed E-state index contributed by atoms with van der Waals surface area (Å²) in [6.07, 6.45) is 5.43. The van der Waals surface area contributed by atoms with Crippen LogP contribution in [0.1, 0.15) is 23.2 Å². The van der Waals surface area contributed by atoms with Crippen LogP contribution in [-0.2, 0) is 12.8 Å². The molecule has 1 aromatic carbocycles. The minimum absolute atomic E-state index is 0.731. The quantitative estimate of drug-likeness (QED) is 0.785. The predicted octanol–water partition coefficient (Wildman–Crippen LogP) is 3.19. The Kier molecular flexibility index (Phi) is 3.99. The van der Waals surface area contributed by atoms with E-state index in [1.54, 1.807) is 4.68 Å². The average Bonchev–Trinajstić information content (AvgIpc) is 3.21. The van der Waals surface area contributed by atoms with E-state index in [0.717, 1.165) is 36.2 Å². The SMILES string of the molecule is Cc1ccn(-c2ccc(NCCC3Cc4ccccc4C3)nn2)n1. The van der Waals surface area contributed by atoms with E-state index in [-0.39, 0.29) is 0 Å². The zero-order valence-electron chi connectivity index (χ0n) is 13.8. The third-order valence-corrected chi connectivity index (χ3v) is 4.60. The molecule has 0 amide bonds. The molecule has 1 aliphatic carbocycles. The number of hydrogen-bond donors (Lipinski definition) is 1. The Morgan fingerprint density at radius 1 is 1.04 bits per heavy atom. The monoisotopic (exact) mass is 319 g/mol. The molecule has 5 nitrogen and oxygen atoms in total. The molecule has 4 rings (SSSR count). The first kappa shape index (κ1) is 14.9. The van der Waals surface area contributed by atoms with Crippen LogP contribution in [0.4, 0.5) is 5.82 Å². The second kappa shape index (κ2) is 6.43. The highest BCUT2D eigenvalue weighted by Crippen LogP contribution is 2.28. The zero-order valence-corrected chi connectivity index (χ0v) is 13.8. The summed E-state index contributed by atoms with van der Waals surface area (Å²) >= 11 is 0. The van der Waals surface area contributed by atoms with E-state index in [1.165, 1.54) is 24.0 Å². The number of nitrogens with zero attached hydrogens (tertiary/aromatic N) is 4. The Morgan fingerprint density at radius 2 is 1.83 bits per heavy atom. The number of nitrogens with one attached hydrogen (secondary N) is 1. The van der Waals surface area contributed by atoms with Crippen LogP contribution in [-0.4, -0.2) is 26.5 Å². The van der Waals surface area contributed by atoms with E-state index in [9.17, 15) is 0 Å². The molecule has 0 aliphatic heterocycles. The molecule has 0 atom stereocenters. The number of aromatic nitrogens is 4. The molecule has 0 fully saturated rings. The van der Waals surface area contributed by atoms with Crippen molar-refractivity contribution in [1.82, 2.24) is 20.0 Å². The van der Waals surface area contributed by atoms with E-state index in [4.69, 9.17) is 0 Å². The van der Waals surface area contributed by atoms with Crippen LogP contribution in [0.15, 0.2) is 48.7 Å². The van der Waals surface area contributed by atoms with Gasteiger partial charge in [0.2, 0.25) is 0 Å². The maximum absolute atomic E-state index is 4.34. The van der Waals surface area contributed by atoms with Crippen LogP contribution in [0, 0.1) is 12.8 Å². The summed E-state index contributed by atoms with van der Waals surface area (Å²) in [5.74, 6) is 2.28. The van der Waals surface area contributed by atoms with Gasteiger partial charge in [0.15, 0.2) is 5.82 Å². The molecular formula is C19H21N5. The van der Waals surface area contributed by atoms with E-state index in [2.05, 4.69) is 44.9 Å². The summed E-state index contributed by atoms with van der Waals surface area (Å²) in [7, 11) is 0. The second-order valence-electron chi connectivity index (χ2n) is 6.44. The zero-order chi connectivity index (χ0) is 16.4. The van der Waals surface area contributed by atoms with E-state index in [1.807, 2.05) is 31.3 Å². The van der Waals surface area contributed by atoms with Crippen molar-refractivity contribution in [1.29, 1.82) is 0 Å². The molecule has 24 heavy (non-hydrogen) atoms. The summed E-state index contributed by atoms with van der Waals surface area (Å²) in [5, 5.41) is 16.2. The maximum Gasteiger partial charge on any atom is 0.175 e. The molecule has 2 heterocycles. The highest BCUT2D eigenvalue weighted by Gasteiger charge is 2.20. The number of fused-ring (bicyclic) bond motifs is 1. The van der Waals surface area contributed by atoms with Crippen LogP contribution in [0.3, 0.4) is 0 Å². The molecular weight excluding hydrogens is 298 g/mol. The van der Waals surface area contributed by atoms with Crippen molar-refractivity contribution >= 4 is 5.82 Å². The fraction of sp³-hybridized carbons (Fsp3) is 0.316. The third-order valence-electron chi connectivity index (χ3n) is 4.60. The van der Waals surface area contributed by atoms with Crippen molar-refractivity contribution in [2.24, 2.45) is 5.92 Å². The van der Waals surface area contributed by atoms with Crippen LogP contribution < -0.4 is 5.32 Å². The molecule has 5 heteroatoms. The van der Waals surface area contributed by atoms with Gasteiger partial charge in [-0.25, -0.2) is 4.68 Å². The fourth-order valence-corrected chi connectivity index (χ4v) is 3.34. The van der Waals surface area contributed by atoms with Gasteiger partial charge in [-0.3, -0.25) is 0 Å². The number of aryl methyl sites for hydroxylation is 1. The van der Waals surface area contributed by atoms with E-state index < -0.39 is 0 Å². The molecule has 0 spiro atoms. The predicted molar refractivity (Wildman–Crippen MR) is 94.3 cm³/mol. The fourth-order valence-electron chi connectivity index (χ4n) is 3.34. The minimum Gasteiger partial charge on any atom is -0.369 e. The van der Waals surface area contributed by atoms with Crippen molar-refractivity contribution in [3.63, 3.8) is 0 Å². The van der Waals surface area contributed by atoms with Gasteiger partial charge in [-0.05, 0) is 61.4 Å². The molecule has 122 valence electrons. The van der Waals surface area contributed by atoms with Gasteiger partial charge in [0, 0.05) is 12.7 Å². The lowest BCUT2D eigenvalue weighted by Crippen LogP contribution is -2.11. The molecule has 0 saturated heterocycles. The molecule has 0 unspecified atom stereocenters.